The highest BCUT2D eigenvalue weighted by molar-refractivity contribution is 6.31. The molecule has 0 unspecified atom stereocenters. The Morgan fingerprint density at radius 2 is 2.05 bits per heavy atom. The van der Waals surface area contributed by atoms with Gasteiger partial charge in [0.15, 0.2) is 0 Å². The van der Waals surface area contributed by atoms with E-state index in [1.54, 1.807) is 0 Å². The number of hydrogen-bond acceptors (Lipinski definition) is 2. The van der Waals surface area contributed by atoms with Crippen molar-refractivity contribution in [2.75, 3.05) is 6.54 Å². The maximum absolute atomic E-state index is 13.3. The van der Waals surface area contributed by atoms with Gasteiger partial charge in [-0.3, -0.25) is 9.59 Å². The van der Waals surface area contributed by atoms with Crippen LogP contribution in [0.25, 0.3) is 0 Å². The largest absolute Gasteiger partial charge is 0.481 e. The number of carboxylic acids is 1. The second kappa shape index (κ2) is 5.79. The first kappa shape index (κ1) is 14.8. The predicted octanol–water partition coefficient (Wildman–Crippen LogP) is 2.80. The first-order valence-corrected chi connectivity index (χ1v) is 6.76. The molecule has 0 bridgehead atoms. The molecule has 0 radical (unpaired) electrons. The predicted molar refractivity (Wildman–Crippen MR) is 72.3 cm³/mol. The summed E-state index contributed by atoms with van der Waals surface area (Å²) in [6, 6.07) is 3.56. The van der Waals surface area contributed by atoms with E-state index in [9.17, 15) is 14.0 Å². The molecular weight excluding hydrogens is 285 g/mol. The summed E-state index contributed by atoms with van der Waals surface area (Å²) in [5, 5.41) is 9.21. The standard InChI is InChI=1S/C14H15ClFNO3/c1-8-2-3-9(14(19)20)7-17(8)13(18)10-4-11(15)6-12(16)5-10/h4-6,8-9H,2-3,7H2,1H3,(H,19,20)/t8-,9-/m1/s1. The van der Waals surface area contributed by atoms with Gasteiger partial charge < -0.3 is 10.0 Å². The second-order valence-electron chi connectivity index (χ2n) is 5.08. The maximum atomic E-state index is 13.3. The fraction of sp³-hybridized carbons (Fsp3) is 0.429. The molecule has 1 fully saturated rings. The van der Waals surface area contributed by atoms with Gasteiger partial charge in [-0.25, -0.2) is 4.39 Å². The van der Waals surface area contributed by atoms with E-state index >= 15 is 0 Å². The van der Waals surface area contributed by atoms with Gasteiger partial charge in [0.25, 0.3) is 5.91 Å². The number of nitrogens with zero attached hydrogens (tertiary/aromatic N) is 1. The van der Waals surface area contributed by atoms with Gasteiger partial charge in [-0.15, -0.1) is 0 Å². The molecule has 0 aliphatic carbocycles. The molecule has 1 saturated heterocycles. The van der Waals surface area contributed by atoms with E-state index in [4.69, 9.17) is 16.7 Å². The van der Waals surface area contributed by atoms with Gasteiger partial charge in [0.1, 0.15) is 5.82 Å². The molecule has 0 aromatic heterocycles. The van der Waals surface area contributed by atoms with Crippen molar-refractivity contribution in [1.29, 1.82) is 0 Å². The Morgan fingerprint density at radius 1 is 1.35 bits per heavy atom. The SMILES string of the molecule is C[C@@H]1CC[C@@H](C(=O)O)CN1C(=O)c1cc(F)cc(Cl)c1. The molecular formula is C14H15ClFNO3. The minimum Gasteiger partial charge on any atom is -0.481 e. The van der Waals surface area contributed by atoms with Crippen LogP contribution in [0.15, 0.2) is 18.2 Å². The minimum absolute atomic E-state index is 0.0693. The summed E-state index contributed by atoms with van der Waals surface area (Å²) in [4.78, 5) is 24.9. The first-order chi connectivity index (χ1) is 9.38. The van der Waals surface area contributed by atoms with Gasteiger partial charge in [-0.1, -0.05) is 11.6 Å². The summed E-state index contributed by atoms with van der Waals surface area (Å²) in [6.45, 7) is 2.00. The van der Waals surface area contributed by atoms with Crippen LogP contribution in [0.4, 0.5) is 4.39 Å². The third-order valence-electron chi connectivity index (χ3n) is 3.60. The van der Waals surface area contributed by atoms with Crippen molar-refractivity contribution in [1.82, 2.24) is 4.90 Å². The van der Waals surface area contributed by atoms with Gasteiger partial charge in [0.2, 0.25) is 0 Å². The van der Waals surface area contributed by atoms with Crippen LogP contribution < -0.4 is 0 Å². The number of halogens is 2. The zero-order valence-corrected chi connectivity index (χ0v) is 11.7. The van der Waals surface area contributed by atoms with E-state index in [1.807, 2.05) is 6.92 Å². The van der Waals surface area contributed by atoms with Crippen LogP contribution >= 0.6 is 11.6 Å². The number of amides is 1. The zero-order valence-electron chi connectivity index (χ0n) is 11.0. The van der Waals surface area contributed by atoms with E-state index in [2.05, 4.69) is 0 Å². The van der Waals surface area contributed by atoms with Gasteiger partial charge in [-0.05, 0) is 38.0 Å². The zero-order chi connectivity index (χ0) is 14.9. The molecule has 1 aliphatic rings. The van der Waals surface area contributed by atoms with E-state index in [0.29, 0.717) is 12.8 Å². The third-order valence-corrected chi connectivity index (χ3v) is 3.82. The number of rotatable bonds is 2. The van der Waals surface area contributed by atoms with Crippen LogP contribution in [0.1, 0.15) is 30.1 Å². The Bertz CT molecular complexity index is 529. The normalized spacial score (nSPS) is 22.6. The van der Waals surface area contributed by atoms with Crippen molar-refractivity contribution in [2.24, 2.45) is 5.92 Å². The number of aliphatic carboxylic acids is 1. The van der Waals surface area contributed by atoms with Crippen molar-refractivity contribution in [3.8, 4) is 0 Å². The molecule has 0 spiro atoms. The van der Waals surface area contributed by atoms with Gasteiger partial charge in [-0.2, -0.15) is 0 Å². The van der Waals surface area contributed by atoms with E-state index in [0.717, 1.165) is 12.1 Å². The van der Waals surface area contributed by atoms with Crippen LogP contribution in [0.5, 0.6) is 0 Å². The molecule has 1 aromatic carbocycles. The van der Waals surface area contributed by atoms with E-state index < -0.39 is 17.7 Å². The number of likely N-dealkylation sites (tertiary alicyclic amines) is 1. The molecule has 1 N–H and O–H groups in total. The third kappa shape index (κ3) is 3.10. The molecule has 1 aromatic rings. The van der Waals surface area contributed by atoms with E-state index in [-0.39, 0.29) is 29.1 Å². The summed E-state index contributed by atoms with van der Waals surface area (Å²) in [6.07, 6.45) is 1.16. The highest BCUT2D eigenvalue weighted by Gasteiger charge is 2.33. The first-order valence-electron chi connectivity index (χ1n) is 6.38. The Hall–Kier alpha value is -1.62. The molecule has 108 valence electrons. The summed E-state index contributed by atoms with van der Waals surface area (Å²) in [5.41, 5.74) is 0.146. The van der Waals surface area contributed by atoms with Crippen LogP contribution in [0.2, 0.25) is 5.02 Å². The average Bonchev–Trinajstić information content (AvgIpc) is 2.37. The summed E-state index contributed by atoms with van der Waals surface area (Å²) in [7, 11) is 0. The highest BCUT2D eigenvalue weighted by Crippen LogP contribution is 2.25. The molecule has 1 aliphatic heterocycles. The fourth-order valence-electron chi connectivity index (χ4n) is 2.43. The molecule has 1 heterocycles. The van der Waals surface area contributed by atoms with Gasteiger partial charge >= 0.3 is 5.97 Å². The molecule has 1 amide bonds. The minimum atomic E-state index is -0.910. The van der Waals surface area contributed by atoms with Crippen LogP contribution in [-0.2, 0) is 4.79 Å². The fourth-order valence-corrected chi connectivity index (χ4v) is 2.66. The highest BCUT2D eigenvalue weighted by atomic mass is 35.5. The molecule has 2 rings (SSSR count). The lowest BCUT2D eigenvalue weighted by Crippen LogP contribution is -2.47. The number of carboxylic acid groups (broad SMARTS) is 1. The number of carbonyl (C=O) groups is 2. The Kier molecular flexibility index (Phi) is 4.28. The number of hydrogen-bond donors (Lipinski definition) is 1. The molecule has 0 saturated carbocycles. The average molecular weight is 300 g/mol. The van der Waals surface area contributed by atoms with Gasteiger partial charge in [0.05, 0.1) is 5.92 Å². The number of piperidine rings is 1. The Labute approximate surface area is 121 Å². The summed E-state index contributed by atoms with van der Waals surface area (Å²) < 4.78 is 13.3. The van der Waals surface area contributed by atoms with Crippen molar-refractivity contribution < 1.29 is 19.1 Å². The molecule has 20 heavy (non-hydrogen) atoms. The topological polar surface area (TPSA) is 57.6 Å². The smallest absolute Gasteiger partial charge is 0.308 e. The Balaban J connectivity index is 2.24. The van der Waals surface area contributed by atoms with Crippen LogP contribution in [0.3, 0.4) is 0 Å². The van der Waals surface area contributed by atoms with Crippen molar-refractivity contribution in [3.63, 3.8) is 0 Å². The lowest BCUT2D eigenvalue weighted by atomic mass is 9.93. The Morgan fingerprint density at radius 3 is 2.65 bits per heavy atom. The van der Waals surface area contributed by atoms with Crippen LogP contribution in [0, 0.1) is 11.7 Å². The quantitative estimate of drug-likeness (QED) is 0.913. The second-order valence-corrected chi connectivity index (χ2v) is 5.51. The van der Waals surface area contributed by atoms with Crippen LogP contribution in [-0.4, -0.2) is 34.5 Å². The van der Waals surface area contributed by atoms with Crippen molar-refractivity contribution >= 4 is 23.5 Å². The molecule has 6 heteroatoms. The molecule has 2 atom stereocenters. The lowest BCUT2D eigenvalue weighted by molar-refractivity contribution is -0.143. The maximum Gasteiger partial charge on any atom is 0.308 e. The van der Waals surface area contributed by atoms with Crippen molar-refractivity contribution in [2.45, 2.75) is 25.8 Å². The summed E-state index contributed by atoms with van der Waals surface area (Å²) in [5.74, 6) is -2.45. The molecule has 4 nitrogen and oxygen atoms in total. The number of benzene rings is 1. The van der Waals surface area contributed by atoms with Crippen molar-refractivity contribution in [3.05, 3.63) is 34.6 Å². The number of carbonyl (C=O) groups excluding carboxylic acids is 1. The lowest BCUT2D eigenvalue weighted by Gasteiger charge is -2.36. The van der Waals surface area contributed by atoms with E-state index in [1.165, 1.54) is 11.0 Å². The monoisotopic (exact) mass is 299 g/mol. The van der Waals surface area contributed by atoms with Gasteiger partial charge in [0, 0.05) is 23.2 Å². The summed E-state index contributed by atoms with van der Waals surface area (Å²) >= 11 is 5.74.